The van der Waals surface area contributed by atoms with Crippen LogP contribution < -0.4 is 5.56 Å². The number of rotatable bonds is 3. The van der Waals surface area contributed by atoms with E-state index in [1.165, 1.54) is 4.88 Å². The number of aromatic nitrogens is 2. The zero-order chi connectivity index (χ0) is 15.1. The van der Waals surface area contributed by atoms with Gasteiger partial charge in [0.05, 0.1) is 5.39 Å². The second kappa shape index (κ2) is 5.46. The Morgan fingerprint density at radius 2 is 2.33 bits per heavy atom. The number of aromatic amines is 1. The van der Waals surface area contributed by atoms with Gasteiger partial charge in [0.2, 0.25) is 0 Å². The third-order valence-corrected chi connectivity index (χ3v) is 5.90. The summed E-state index contributed by atoms with van der Waals surface area (Å²) in [4.78, 5) is 32.4. The quantitative estimate of drug-likeness (QED) is 0.670. The summed E-state index contributed by atoms with van der Waals surface area (Å²) in [5.74, 6) is -0.271. The highest BCUT2D eigenvalue weighted by Crippen LogP contribution is 2.36. The van der Waals surface area contributed by atoms with Crippen LogP contribution in [0.4, 0.5) is 0 Å². The summed E-state index contributed by atoms with van der Waals surface area (Å²) in [6.07, 6.45) is 3.04. The standard InChI is InChI=1S/C14H16N2O3S2/c1-6-3-4-8-9(5-6)21-12-10(8)11(17)15-14(16-12)20-7(2)13(18)19/h6-7H,3-5H2,1-2H3,(H,18,19)(H,15,16,17)/t6-,7-/m1/s1. The normalized spacial score (nSPS) is 19.4. The van der Waals surface area contributed by atoms with Gasteiger partial charge in [0, 0.05) is 4.88 Å². The third kappa shape index (κ3) is 2.72. The molecule has 2 aromatic heterocycles. The number of carboxylic acid groups (broad SMARTS) is 1. The average Bonchev–Trinajstić information content (AvgIpc) is 2.75. The van der Waals surface area contributed by atoms with Gasteiger partial charge < -0.3 is 10.1 Å². The lowest BCUT2D eigenvalue weighted by Crippen LogP contribution is -2.16. The number of thioether (sulfide) groups is 1. The Kier molecular flexibility index (Phi) is 3.79. The van der Waals surface area contributed by atoms with Crippen molar-refractivity contribution in [2.75, 3.05) is 0 Å². The molecule has 2 heterocycles. The summed E-state index contributed by atoms with van der Waals surface area (Å²) in [6, 6.07) is 0. The van der Waals surface area contributed by atoms with Crippen molar-refractivity contribution in [3.05, 3.63) is 20.8 Å². The number of nitrogens with zero attached hydrogens (tertiary/aromatic N) is 1. The maximum Gasteiger partial charge on any atom is 0.316 e. The van der Waals surface area contributed by atoms with Gasteiger partial charge in [0.1, 0.15) is 10.1 Å². The number of hydrogen-bond acceptors (Lipinski definition) is 5. The molecule has 21 heavy (non-hydrogen) atoms. The highest BCUT2D eigenvalue weighted by molar-refractivity contribution is 8.00. The van der Waals surface area contributed by atoms with E-state index in [2.05, 4.69) is 16.9 Å². The smallest absolute Gasteiger partial charge is 0.316 e. The van der Waals surface area contributed by atoms with Crippen LogP contribution in [-0.4, -0.2) is 26.3 Å². The Bertz CT molecular complexity index is 765. The van der Waals surface area contributed by atoms with Crippen LogP contribution in [0.1, 0.15) is 30.7 Å². The van der Waals surface area contributed by atoms with Gasteiger partial charge in [-0.1, -0.05) is 18.7 Å². The van der Waals surface area contributed by atoms with Gasteiger partial charge in [-0.05, 0) is 37.7 Å². The Hall–Kier alpha value is -1.34. The molecule has 1 aliphatic rings. The molecule has 0 aliphatic heterocycles. The summed E-state index contributed by atoms with van der Waals surface area (Å²) in [5.41, 5.74) is 0.997. The van der Waals surface area contributed by atoms with Gasteiger partial charge in [-0.15, -0.1) is 11.3 Å². The fourth-order valence-corrected chi connectivity index (χ4v) is 4.78. The van der Waals surface area contributed by atoms with Crippen molar-refractivity contribution in [2.24, 2.45) is 5.92 Å². The number of carbonyl (C=O) groups is 1. The number of hydrogen-bond donors (Lipinski definition) is 2. The molecule has 3 rings (SSSR count). The van der Waals surface area contributed by atoms with E-state index in [9.17, 15) is 9.59 Å². The molecule has 112 valence electrons. The average molecular weight is 324 g/mol. The van der Waals surface area contributed by atoms with Crippen LogP contribution in [0.5, 0.6) is 0 Å². The Morgan fingerprint density at radius 3 is 3.05 bits per heavy atom. The molecule has 0 spiro atoms. The molecule has 1 aliphatic carbocycles. The van der Waals surface area contributed by atoms with E-state index in [1.54, 1.807) is 18.3 Å². The molecule has 0 saturated heterocycles. The van der Waals surface area contributed by atoms with Crippen LogP contribution >= 0.6 is 23.1 Å². The van der Waals surface area contributed by atoms with Gasteiger partial charge in [-0.2, -0.15) is 0 Å². The van der Waals surface area contributed by atoms with Crippen LogP contribution in [0.2, 0.25) is 0 Å². The van der Waals surface area contributed by atoms with Crippen molar-refractivity contribution < 1.29 is 9.90 Å². The summed E-state index contributed by atoms with van der Waals surface area (Å²) < 4.78 is 0. The number of carboxylic acids is 1. The minimum atomic E-state index is -0.915. The van der Waals surface area contributed by atoms with E-state index < -0.39 is 11.2 Å². The Balaban J connectivity index is 2.05. The summed E-state index contributed by atoms with van der Waals surface area (Å²) >= 11 is 2.64. The van der Waals surface area contributed by atoms with Crippen LogP contribution in [0, 0.1) is 5.92 Å². The molecular formula is C14H16N2O3S2. The molecule has 0 fully saturated rings. The largest absolute Gasteiger partial charge is 0.480 e. The zero-order valence-electron chi connectivity index (χ0n) is 11.8. The zero-order valence-corrected chi connectivity index (χ0v) is 13.4. The molecular weight excluding hydrogens is 308 g/mol. The van der Waals surface area contributed by atoms with Crippen LogP contribution in [0.3, 0.4) is 0 Å². The highest BCUT2D eigenvalue weighted by atomic mass is 32.2. The van der Waals surface area contributed by atoms with E-state index in [0.717, 1.165) is 41.4 Å². The molecule has 2 atom stereocenters. The fourth-order valence-electron chi connectivity index (χ4n) is 2.60. The molecule has 7 heteroatoms. The molecule has 0 bridgehead atoms. The number of nitrogens with one attached hydrogen (secondary N) is 1. The first kappa shape index (κ1) is 14.6. The van der Waals surface area contributed by atoms with E-state index >= 15 is 0 Å². The maximum atomic E-state index is 12.3. The number of fused-ring (bicyclic) bond motifs is 3. The minimum Gasteiger partial charge on any atom is -0.480 e. The molecule has 2 aromatic rings. The Labute approximate surface area is 129 Å². The van der Waals surface area contributed by atoms with Gasteiger partial charge in [-0.25, -0.2) is 4.98 Å². The second-order valence-electron chi connectivity index (χ2n) is 5.50. The lowest BCUT2D eigenvalue weighted by atomic mass is 9.89. The second-order valence-corrected chi connectivity index (χ2v) is 7.91. The SMILES string of the molecule is C[C@@H]1CCc2c(sc3nc(S[C@H](C)C(=O)O)[nH]c(=O)c23)C1. The van der Waals surface area contributed by atoms with Gasteiger partial charge in [0.25, 0.3) is 5.56 Å². The molecule has 5 nitrogen and oxygen atoms in total. The first-order valence-corrected chi connectivity index (χ1v) is 8.59. The van der Waals surface area contributed by atoms with E-state index in [4.69, 9.17) is 5.11 Å². The van der Waals surface area contributed by atoms with Crippen molar-refractivity contribution >= 4 is 39.3 Å². The number of aryl methyl sites for hydroxylation is 1. The summed E-state index contributed by atoms with van der Waals surface area (Å²) in [6.45, 7) is 3.80. The number of aliphatic carboxylic acids is 1. The molecule has 0 amide bonds. The molecule has 0 aromatic carbocycles. The summed E-state index contributed by atoms with van der Waals surface area (Å²) in [7, 11) is 0. The molecule has 0 radical (unpaired) electrons. The Morgan fingerprint density at radius 1 is 1.57 bits per heavy atom. The van der Waals surface area contributed by atoms with Gasteiger partial charge in [-0.3, -0.25) is 9.59 Å². The minimum absolute atomic E-state index is 0.146. The number of thiophene rings is 1. The van der Waals surface area contributed by atoms with E-state index in [0.29, 0.717) is 16.5 Å². The highest BCUT2D eigenvalue weighted by Gasteiger charge is 2.23. The van der Waals surface area contributed by atoms with E-state index in [-0.39, 0.29) is 5.56 Å². The van der Waals surface area contributed by atoms with Crippen molar-refractivity contribution in [3.63, 3.8) is 0 Å². The van der Waals surface area contributed by atoms with Crippen molar-refractivity contribution in [1.29, 1.82) is 0 Å². The van der Waals surface area contributed by atoms with Gasteiger partial charge in [0.15, 0.2) is 5.16 Å². The van der Waals surface area contributed by atoms with Crippen molar-refractivity contribution in [3.8, 4) is 0 Å². The first-order valence-electron chi connectivity index (χ1n) is 6.89. The predicted molar refractivity (Wildman–Crippen MR) is 84.4 cm³/mol. The first-order chi connectivity index (χ1) is 9.95. The predicted octanol–water partition coefficient (Wildman–Crippen LogP) is 2.67. The molecule has 0 unspecified atom stereocenters. The monoisotopic (exact) mass is 324 g/mol. The lowest BCUT2D eigenvalue weighted by Gasteiger charge is -2.17. The molecule has 0 saturated carbocycles. The van der Waals surface area contributed by atoms with Crippen LogP contribution in [0.25, 0.3) is 10.2 Å². The fraction of sp³-hybridized carbons (Fsp3) is 0.500. The van der Waals surface area contributed by atoms with Crippen LogP contribution in [0.15, 0.2) is 9.95 Å². The third-order valence-electron chi connectivity index (χ3n) is 3.78. The number of H-pyrrole nitrogens is 1. The molecule has 2 N–H and O–H groups in total. The topological polar surface area (TPSA) is 83.0 Å². The van der Waals surface area contributed by atoms with Crippen LogP contribution in [-0.2, 0) is 17.6 Å². The van der Waals surface area contributed by atoms with Crippen molar-refractivity contribution in [1.82, 2.24) is 9.97 Å². The van der Waals surface area contributed by atoms with Crippen molar-refractivity contribution in [2.45, 2.75) is 43.5 Å². The van der Waals surface area contributed by atoms with E-state index in [1.807, 2.05) is 0 Å². The van der Waals surface area contributed by atoms with Gasteiger partial charge >= 0.3 is 5.97 Å². The lowest BCUT2D eigenvalue weighted by molar-refractivity contribution is -0.136. The maximum absolute atomic E-state index is 12.3. The summed E-state index contributed by atoms with van der Waals surface area (Å²) in [5, 5.41) is 9.40.